The van der Waals surface area contributed by atoms with E-state index < -0.39 is 5.97 Å². The Kier molecular flexibility index (Phi) is 6.90. The first-order chi connectivity index (χ1) is 14.0. The first-order valence-electron chi connectivity index (χ1n) is 8.97. The molecule has 0 atom stereocenters. The number of hydrogen-bond donors (Lipinski definition) is 1. The lowest BCUT2D eigenvalue weighted by atomic mass is 10.0. The Morgan fingerprint density at radius 1 is 1.14 bits per heavy atom. The van der Waals surface area contributed by atoms with E-state index in [1.165, 1.54) is 11.3 Å². The summed E-state index contributed by atoms with van der Waals surface area (Å²) < 4.78 is 5.23. The number of carbonyl (C=O) groups is 1. The molecule has 0 fully saturated rings. The average molecular weight is 430 g/mol. The number of rotatable bonds is 8. The maximum atomic E-state index is 11.4. The maximum absolute atomic E-state index is 11.4. The van der Waals surface area contributed by atoms with Gasteiger partial charge in [-0.2, -0.15) is 0 Å². The molecule has 5 nitrogen and oxygen atoms in total. The fraction of sp³-hybridized carbons (Fsp3) is 0.182. The van der Waals surface area contributed by atoms with E-state index >= 15 is 0 Å². The minimum atomic E-state index is -0.891. The lowest BCUT2D eigenvalue weighted by molar-refractivity contribution is -0.136. The highest BCUT2D eigenvalue weighted by Gasteiger charge is 2.19. The second-order valence-electron chi connectivity index (χ2n) is 6.13. The monoisotopic (exact) mass is 429 g/mol. The van der Waals surface area contributed by atoms with Crippen molar-refractivity contribution >= 4 is 34.6 Å². The number of thiophene rings is 1. The molecule has 150 valence electrons. The molecule has 1 aromatic heterocycles. The predicted octanol–water partition coefficient (Wildman–Crippen LogP) is 5.49. The van der Waals surface area contributed by atoms with Crippen LogP contribution in [0.15, 0.2) is 59.8 Å². The van der Waals surface area contributed by atoms with Crippen molar-refractivity contribution < 1.29 is 19.5 Å². The van der Waals surface area contributed by atoms with E-state index in [1.54, 1.807) is 19.2 Å². The molecule has 7 heteroatoms. The standard InChI is InChI=1S/C22H20ClNO4S/c1-3-28-24-21(14-6-10-18(27-2)11-7-14)19-12-16(13-20(25)26)22(29-19)15-4-8-17(23)9-5-15/h4-12H,3,13H2,1-2H3,(H,25,26). The number of carboxylic acid groups (broad SMARTS) is 1. The molecule has 0 amide bonds. The zero-order valence-electron chi connectivity index (χ0n) is 16.0. The number of ether oxygens (including phenoxy) is 1. The summed E-state index contributed by atoms with van der Waals surface area (Å²) >= 11 is 7.48. The summed E-state index contributed by atoms with van der Waals surface area (Å²) in [6, 6.07) is 16.7. The summed E-state index contributed by atoms with van der Waals surface area (Å²) in [4.78, 5) is 18.5. The summed E-state index contributed by atoms with van der Waals surface area (Å²) in [6.45, 7) is 2.29. The van der Waals surface area contributed by atoms with Gasteiger partial charge in [0.1, 0.15) is 18.1 Å². The van der Waals surface area contributed by atoms with Crippen LogP contribution in [0.3, 0.4) is 0 Å². The highest BCUT2D eigenvalue weighted by molar-refractivity contribution is 7.17. The third-order valence-corrected chi connectivity index (χ3v) is 5.62. The zero-order valence-corrected chi connectivity index (χ0v) is 17.6. The van der Waals surface area contributed by atoms with Crippen LogP contribution in [-0.4, -0.2) is 30.5 Å². The van der Waals surface area contributed by atoms with Crippen molar-refractivity contribution in [3.05, 3.63) is 75.6 Å². The van der Waals surface area contributed by atoms with Gasteiger partial charge in [0.25, 0.3) is 0 Å². The van der Waals surface area contributed by atoms with Crippen molar-refractivity contribution in [2.45, 2.75) is 13.3 Å². The molecule has 0 unspecified atom stereocenters. The Balaban J connectivity index is 2.09. The van der Waals surface area contributed by atoms with Crippen LogP contribution in [-0.2, 0) is 16.1 Å². The normalized spacial score (nSPS) is 11.3. The van der Waals surface area contributed by atoms with Gasteiger partial charge in [-0.25, -0.2) is 0 Å². The van der Waals surface area contributed by atoms with Crippen LogP contribution in [0.4, 0.5) is 0 Å². The largest absolute Gasteiger partial charge is 0.497 e. The van der Waals surface area contributed by atoms with Crippen molar-refractivity contribution in [3.63, 3.8) is 0 Å². The number of carboxylic acids is 1. The van der Waals surface area contributed by atoms with Crippen LogP contribution >= 0.6 is 22.9 Å². The van der Waals surface area contributed by atoms with E-state index in [2.05, 4.69) is 5.16 Å². The van der Waals surface area contributed by atoms with Crippen LogP contribution in [0.25, 0.3) is 10.4 Å². The summed E-state index contributed by atoms with van der Waals surface area (Å²) in [5.41, 5.74) is 3.13. The fourth-order valence-electron chi connectivity index (χ4n) is 2.80. The molecule has 29 heavy (non-hydrogen) atoms. The number of nitrogens with zero attached hydrogens (tertiary/aromatic N) is 1. The van der Waals surface area contributed by atoms with Gasteiger partial charge in [0, 0.05) is 15.5 Å². The lowest BCUT2D eigenvalue weighted by Crippen LogP contribution is -2.03. The molecule has 3 aromatic rings. The van der Waals surface area contributed by atoms with Crippen LogP contribution in [0.5, 0.6) is 5.75 Å². The molecule has 0 aliphatic rings. The van der Waals surface area contributed by atoms with Crippen LogP contribution < -0.4 is 4.74 Å². The van der Waals surface area contributed by atoms with Gasteiger partial charge >= 0.3 is 5.97 Å². The number of aliphatic carboxylic acids is 1. The van der Waals surface area contributed by atoms with Crippen molar-refractivity contribution in [1.29, 1.82) is 0 Å². The Labute approximate surface area is 178 Å². The second kappa shape index (κ2) is 9.58. The molecule has 3 rings (SSSR count). The van der Waals surface area contributed by atoms with Gasteiger partial charge in [-0.3, -0.25) is 4.79 Å². The minimum Gasteiger partial charge on any atom is -0.497 e. The third-order valence-electron chi connectivity index (χ3n) is 4.14. The molecule has 0 radical (unpaired) electrons. The van der Waals surface area contributed by atoms with E-state index in [1.807, 2.05) is 49.4 Å². The molecular weight excluding hydrogens is 410 g/mol. The number of methoxy groups -OCH3 is 1. The quantitative estimate of drug-likeness (QED) is 0.379. The molecule has 0 spiro atoms. The molecule has 1 N–H and O–H groups in total. The van der Waals surface area contributed by atoms with E-state index in [4.69, 9.17) is 21.2 Å². The molecule has 0 aliphatic carbocycles. The van der Waals surface area contributed by atoms with Gasteiger partial charge in [0.15, 0.2) is 0 Å². The molecule has 0 saturated heterocycles. The van der Waals surface area contributed by atoms with Gasteiger partial charge in [-0.1, -0.05) is 28.9 Å². The summed E-state index contributed by atoms with van der Waals surface area (Å²) in [7, 11) is 1.61. The van der Waals surface area contributed by atoms with Gasteiger partial charge in [-0.15, -0.1) is 11.3 Å². The number of halogens is 1. The van der Waals surface area contributed by atoms with Gasteiger partial charge < -0.3 is 14.7 Å². The minimum absolute atomic E-state index is 0.0843. The summed E-state index contributed by atoms with van der Waals surface area (Å²) in [6.07, 6.45) is -0.0843. The fourth-order valence-corrected chi connectivity index (χ4v) is 4.12. The van der Waals surface area contributed by atoms with Crippen LogP contribution in [0.1, 0.15) is 22.9 Å². The maximum Gasteiger partial charge on any atom is 0.307 e. The van der Waals surface area contributed by atoms with Crippen molar-refractivity contribution in [2.75, 3.05) is 13.7 Å². The van der Waals surface area contributed by atoms with E-state index in [-0.39, 0.29) is 6.42 Å². The number of oxime groups is 1. The lowest BCUT2D eigenvalue weighted by Gasteiger charge is -2.06. The Hall–Kier alpha value is -2.83. The van der Waals surface area contributed by atoms with Crippen LogP contribution in [0.2, 0.25) is 5.02 Å². The van der Waals surface area contributed by atoms with Crippen molar-refractivity contribution in [2.24, 2.45) is 5.16 Å². The first kappa shape index (κ1) is 20.9. The summed E-state index contributed by atoms with van der Waals surface area (Å²) in [5.74, 6) is -0.151. The number of benzene rings is 2. The Morgan fingerprint density at radius 2 is 1.83 bits per heavy atom. The third kappa shape index (κ3) is 5.16. The van der Waals surface area contributed by atoms with Crippen molar-refractivity contribution in [1.82, 2.24) is 0 Å². The second-order valence-corrected chi connectivity index (χ2v) is 7.62. The average Bonchev–Trinajstić information content (AvgIpc) is 3.12. The van der Waals surface area contributed by atoms with Gasteiger partial charge in [0.2, 0.25) is 0 Å². The van der Waals surface area contributed by atoms with E-state index in [9.17, 15) is 9.90 Å². The summed E-state index contributed by atoms with van der Waals surface area (Å²) in [5, 5.41) is 14.3. The molecule has 0 bridgehead atoms. The SMILES string of the molecule is CCON=C(c1ccc(OC)cc1)c1cc(CC(=O)O)c(-c2ccc(Cl)cc2)s1. The zero-order chi connectivity index (χ0) is 20.8. The Bertz CT molecular complexity index is 1010. The van der Waals surface area contributed by atoms with Gasteiger partial charge in [-0.05, 0) is 60.5 Å². The molecule has 0 saturated carbocycles. The smallest absolute Gasteiger partial charge is 0.307 e. The predicted molar refractivity (Wildman–Crippen MR) is 116 cm³/mol. The van der Waals surface area contributed by atoms with E-state index in [0.717, 1.165) is 32.2 Å². The Morgan fingerprint density at radius 3 is 2.41 bits per heavy atom. The molecule has 0 aliphatic heterocycles. The molecule has 2 aromatic carbocycles. The van der Waals surface area contributed by atoms with Crippen LogP contribution in [0, 0.1) is 0 Å². The van der Waals surface area contributed by atoms with Crippen molar-refractivity contribution in [3.8, 4) is 16.2 Å². The topological polar surface area (TPSA) is 68.1 Å². The first-order valence-corrected chi connectivity index (χ1v) is 10.2. The number of hydrogen-bond acceptors (Lipinski definition) is 5. The molecular formula is C22H20ClNO4S. The van der Waals surface area contributed by atoms with E-state index in [0.29, 0.717) is 17.3 Å². The highest BCUT2D eigenvalue weighted by atomic mass is 35.5. The highest BCUT2D eigenvalue weighted by Crippen LogP contribution is 2.35. The molecule has 1 heterocycles. The van der Waals surface area contributed by atoms with Gasteiger partial charge in [0.05, 0.1) is 18.4 Å².